The van der Waals surface area contributed by atoms with Gasteiger partial charge in [0.15, 0.2) is 0 Å². The summed E-state index contributed by atoms with van der Waals surface area (Å²) >= 11 is 0. The molecule has 2 heteroatoms. The van der Waals surface area contributed by atoms with Crippen molar-refractivity contribution >= 4 is 0 Å². The van der Waals surface area contributed by atoms with Crippen LogP contribution >= 0.6 is 0 Å². The SMILES string of the molecule is CCNC1CCCCC1N1CCCCC1. The first kappa shape index (κ1) is 11.4. The molecule has 1 heterocycles. The zero-order valence-corrected chi connectivity index (χ0v) is 10.2. The van der Waals surface area contributed by atoms with Crippen molar-refractivity contribution in [2.24, 2.45) is 0 Å². The molecule has 2 nitrogen and oxygen atoms in total. The lowest BCUT2D eigenvalue weighted by atomic mass is 9.88. The maximum atomic E-state index is 3.69. The van der Waals surface area contributed by atoms with E-state index in [9.17, 15) is 0 Å². The van der Waals surface area contributed by atoms with Crippen LogP contribution in [-0.2, 0) is 0 Å². The second-order valence-electron chi connectivity index (χ2n) is 5.11. The lowest BCUT2D eigenvalue weighted by Crippen LogP contribution is -2.53. The lowest BCUT2D eigenvalue weighted by Gasteiger charge is -2.42. The standard InChI is InChI=1S/C13H26N2/c1-2-14-12-8-4-5-9-13(12)15-10-6-3-7-11-15/h12-14H,2-11H2,1H3. The number of hydrogen-bond acceptors (Lipinski definition) is 2. The summed E-state index contributed by atoms with van der Waals surface area (Å²) in [6.07, 6.45) is 10.0. The van der Waals surface area contributed by atoms with Crippen molar-refractivity contribution < 1.29 is 0 Å². The Bertz CT molecular complexity index is 163. The van der Waals surface area contributed by atoms with Crippen LogP contribution in [0.15, 0.2) is 0 Å². The molecular formula is C13H26N2. The predicted octanol–water partition coefficient (Wildman–Crippen LogP) is 2.39. The summed E-state index contributed by atoms with van der Waals surface area (Å²) in [6, 6.07) is 1.63. The highest BCUT2D eigenvalue weighted by Gasteiger charge is 2.29. The van der Waals surface area contributed by atoms with Crippen molar-refractivity contribution in [1.29, 1.82) is 0 Å². The molecule has 2 atom stereocenters. The van der Waals surface area contributed by atoms with Gasteiger partial charge in [-0.1, -0.05) is 26.2 Å². The Labute approximate surface area is 94.4 Å². The molecule has 0 radical (unpaired) electrons. The molecule has 1 aliphatic carbocycles. The molecule has 1 saturated carbocycles. The maximum Gasteiger partial charge on any atom is 0.0249 e. The second kappa shape index (κ2) is 5.86. The van der Waals surface area contributed by atoms with Gasteiger partial charge in [-0.25, -0.2) is 0 Å². The first-order valence-corrected chi connectivity index (χ1v) is 6.89. The minimum atomic E-state index is 0.779. The van der Waals surface area contributed by atoms with Crippen molar-refractivity contribution in [1.82, 2.24) is 10.2 Å². The fourth-order valence-electron chi connectivity index (χ4n) is 3.30. The van der Waals surface area contributed by atoms with Gasteiger partial charge >= 0.3 is 0 Å². The van der Waals surface area contributed by atoms with Gasteiger partial charge in [0.25, 0.3) is 0 Å². The minimum absolute atomic E-state index is 0.779. The zero-order valence-electron chi connectivity index (χ0n) is 10.2. The normalized spacial score (nSPS) is 34.2. The van der Waals surface area contributed by atoms with E-state index in [2.05, 4.69) is 17.1 Å². The molecule has 1 aliphatic heterocycles. The van der Waals surface area contributed by atoms with Crippen LogP contribution in [0.5, 0.6) is 0 Å². The van der Waals surface area contributed by atoms with E-state index in [1.54, 1.807) is 0 Å². The predicted molar refractivity (Wildman–Crippen MR) is 65.1 cm³/mol. The molecule has 0 aromatic heterocycles. The number of hydrogen-bond donors (Lipinski definition) is 1. The molecule has 88 valence electrons. The first-order chi connectivity index (χ1) is 7.42. The number of rotatable bonds is 3. The van der Waals surface area contributed by atoms with E-state index < -0.39 is 0 Å². The lowest BCUT2D eigenvalue weighted by molar-refractivity contribution is 0.102. The van der Waals surface area contributed by atoms with Crippen molar-refractivity contribution in [3.63, 3.8) is 0 Å². The van der Waals surface area contributed by atoms with Gasteiger partial charge in [0.1, 0.15) is 0 Å². The fraction of sp³-hybridized carbons (Fsp3) is 1.00. The van der Waals surface area contributed by atoms with E-state index in [-0.39, 0.29) is 0 Å². The van der Waals surface area contributed by atoms with Gasteiger partial charge in [0, 0.05) is 12.1 Å². The van der Waals surface area contributed by atoms with Gasteiger partial charge in [-0.2, -0.15) is 0 Å². The Hall–Kier alpha value is -0.0800. The van der Waals surface area contributed by atoms with E-state index in [0.29, 0.717) is 0 Å². The summed E-state index contributed by atoms with van der Waals surface area (Å²) in [7, 11) is 0. The minimum Gasteiger partial charge on any atom is -0.313 e. The van der Waals surface area contributed by atoms with Crippen LogP contribution in [0.4, 0.5) is 0 Å². The van der Waals surface area contributed by atoms with Gasteiger partial charge < -0.3 is 5.32 Å². The third-order valence-electron chi connectivity index (χ3n) is 4.06. The van der Waals surface area contributed by atoms with Crippen molar-refractivity contribution in [3.05, 3.63) is 0 Å². The molecule has 0 spiro atoms. The van der Waals surface area contributed by atoms with Crippen LogP contribution in [0.25, 0.3) is 0 Å². The second-order valence-corrected chi connectivity index (χ2v) is 5.11. The third kappa shape index (κ3) is 2.94. The van der Waals surface area contributed by atoms with Crippen LogP contribution < -0.4 is 5.32 Å². The topological polar surface area (TPSA) is 15.3 Å². The maximum absolute atomic E-state index is 3.69. The van der Waals surface area contributed by atoms with Crippen LogP contribution in [0.3, 0.4) is 0 Å². The van der Waals surface area contributed by atoms with Gasteiger partial charge in [-0.3, -0.25) is 4.90 Å². The molecule has 2 aliphatic rings. The van der Waals surface area contributed by atoms with E-state index in [1.165, 1.54) is 58.0 Å². The Balaban J connectivity index is 1.90. The summed E-state index contributed by atoms with van der Waals surface area (Å²) in [5.41, 5.74) is 0. The van der Waals surface area contributed by atoms with Crippen LogP contribution in [0, 0.1) is 0 Å². The molecule has 2 rings (SSSR count). The van der Waals surface area contributed by atoms with Gasteiger partial charge in [0.05, 0.1) is 0 Å². The molecule has 0 bridgehead atoms. The molecular weight excluding hydrogens is 184 g/mol. The van der Waals surface area contributed by atoms with Crippen molar-refractivity contribution in [3.8, 4) is 0 Å². The number of piperidine rings is 1. The number of nitrogens with zero attached hydrogens (tertiary/aromatic N) is 1. The summed E-state index contributed by atoms with van der Waals surface area (Å²) < 4.78 is 0. The quantitative estimate of drug-likeness (QED) is 0.769. The van der Waals surface area contributed by atoms with Crippen LogP contribution in [0.2, 0.25) is 0 Å². The molecule has 0 aromatic rings. The largest absolute Gasteiger partial charge is 0.313 e. The summed E-state index contributed by atoms with van der Waals surface area (Å²) in [5.74, 6) is 0. The van der Waals surface area contributed by atoms with Crippen LogP contribution in [0.1, 0.15) is 51.9 Å². The smallest absolute Gasteiger partial charge is 0.0249 e. The van der Waals surface area contributed by atoms with E-state index in [0.717, 1.165) is 18.6 Å². The average Bonchev–Trinajstić information content (AvgIpc) is 2.31. The molecule has 15 heavy (non-hydrogen) atoms. The average molecular weight is 210 g/mol. The van der Waals surface area contributed by atoms with Crippen LogP contribution in [-0.4, -0.2) is 36.6 Å². The third-order valence-corrected chi connectivity index (χ3v) is 4.06. The molecule has 0 aromatic carbocycles. The monoisotopic (exact) mass is 210 g/mol. The van der Waals surface area contributed by atoms with E-state index in [4.69, 9.17) is 0 Å². The molecule has 2 unspecified atom stereocenters. The highest BCUT2D eigenvalue weighted by atomic mass is 15.2. The van der Waals surface area contributed by atoms with Gasteiger partial charge in [-0.15, -0.1) is 0 Å². The molecule has 1 saturated heterocycles. The highest BCUT2D eigenvalue weighted by molar-refractivity contribution is 4.88. The van der Waals surface area contributed by atoms with Crippen molar-refractivity contribution in [2.75, 3.05) is 19.6 Å². The fourth-order valence-corrected chi connectivity index (χ4v) is 3.30. The number of likely N-dealkylation sites (tertiary alicyclic amines) is 1. The van der Waals surface area contributed by atoms with E-state index in [1.807, 2.05) is 0 Å². The number of likely N-dealkylation sites (N-methyl/N-ethyl adjacent to an activating group) is 1. The Morgan fingerprint density at radius 2 is 1.73 bits per heavy atom. The molecule has 2 fully saturated rings. The first-order valence-electron chi connectivity index (χ1n) is 6.89. The van der Waals surface area contributed by atoms with Gasteiger partial charge in [0.2, 0.25) is 0 Å². The Kier molecular flexibility index (Phi) is 4.45. The molecule has 1 N–H and O–H groups in total. The Morgan fingerprint density at radius 1 is 1.00 bits per heavy atom. The molecule has 0 amide bonds. The summed E-state index contributed by atoms with van der Waals surface area (Å²) in [4.78, 5) is 2.76. The highest BCUT2D eigenvalue weighted by Crippen LogP contribution is 2.25. The summed E-state index contributed by atoms with van der Waals surface area (Å²) in [5, 5.41) is 3.69. The zero-order chi connectivity index (χ0) is 10.5. The van der Waals surface area contributed by atoms with E-state index >= 15 is 0 Å². The van der Waals surface area contributed by atoms with Gasteiger partial charge in [-0.05, 0) is 45.3 Å². The Morgan fingerprint density at radius 3 is 2.47 bits per heavy atom. The number of nitrogens with one attached hydrogen (secondary N) is 1. The summed E-state index contributed by atoms with van der Waals surface area (Å²) in [6.45, 7) is 6.08. The van der Waals surface area contributed by atoms with Crippen molar-refractivity contribution in [2.45, 2.75) is 64.0 Å².